The van der Waals surface area contributed by atoms with Crippen molar-refractivity contribution in [1.29, 1.82) is 0 Å². The summed E-state index contributed by atoms with van der Waals surface area (Å²) >= 11 is 0. The van der Waals surface area contributed by atoms with E-state index in [4.69, 9.17) is 0 Å². The molecular formula is C24H26F3N3O4S. The molecule has 4 rings (SSSR count). The van der Waals surface area contributed by atoms with Crippen LogP contribution >= 0.6 is 0 Å². The van der Waals surface area contributed by atoms with Crippen LogP contribution in [0.15, 0.2) is 47.6 Å². The molecular weight excluding hydrogens is 483 g/mol. The van der Waals surface area contributed by atoms with E-state index in [1.807, 2.05) is 12.3 Å². The van der Waals surface area contributed by atoms with Gasteiger partial charge in [-0.25, -0.2) is 18.1 Å². The molecule has 11 heteroatoms. The van der Waals surface area contributed by atoms with Gasteiger partial charge in [0.15, 0.2) is 0 Å². The topological polar surface area (TPSA) is 87.7 Å². The molecule has 0 radical (unpaired) electrons. The molecule has 3 amide bonds. The SMILES string of the molecule is CC1(C)C(=O)N(c2ccc(S(=O)(=O)C(F)(F)F)cc2)C(=O)N1Cc1ccncc1C1CCCCC1. The highest BCUT2D eigenvalue weighted by atomic mass is 32.2. The van der Waals surface area contributed by atoms with E-state index in [1.165, 1.54) is 11.3 Å². The van der Waals surface area contributed by atoms with Crippen molar-refractivity contribution in [1.82, 2.24) is 9.88 Å². The lowest BCUT2D eigenvalue weighted by atomic mass is 9.82. The molecule has 1 aromatic heterocycles. The first-order chi connectivity index (χ1) is 16.4. The van der Waals surface area contributed by atoms with Crippen LogP contribution in [0.25, 0.3) is 0 Å². The number of imide groups is 1. The van der Waals surface area contributed by atoms with E-state index in [-0.39, 0.29) is 12.2 Å². The minimum absolute atomic E-state index is 0.000989. The van der Waals surface area contributed by atoms with Crippen LogP contribution in [0.1, 0.15) is 63.0 Å². The molecule has 2 aliphatic rings. The zero-order valence-corrected chi connectivity index (χ0v) is 20.2. The highest BCUT2D eigenvalue weighted by Gasteiger charge is 2.52. The van der Waals surface area contributed by atoms with Crippen LogP contribution in [0.4, 0.5) is 23.7 Å². The van der Waals surface area contributed by atoms with Gasteiger partial charge in [-0.3, -0.25) is 9.78 Å². The predicted molar refractivity (Wildman–Crippen MR) is 122 cm³/mol. The number of pyridine rings is 1. The Hall–Kier alpha value is -2.95. The van der Waals surface area contributed by atoms with Gasteiger partial charge in [-0.05, 0) is 74.1 Å². The molecule has 0 bridgehead atoms. The van der Waals surface area contributed by atoms with Gasteiger partial charge in [-0.1, -0.05) is 19.3 Å². The Kier molecular flexibility index (Phi) is 6.41. The molecule has 0 N–H and O–H groups in total. The smallest absolute Gasteiger partial charge is 0.305 e. The number of alkyl halides is 3. The quantitative estimate of drug-likeness (QED) is 0.519. The number of anilines is 1. The summed E-state index contributed by atoms with van der Waals surface area (Å²) in [5.74, 6) is -0.217. The molecule has 35 heavy (non-hydrogen) atoms. The standard InChI is InChI=1S/C24H26F3N3O4S/c1-23(2)21(31)30(18-8-10-19(11-9-18)35(33,34)24(25,26)27)22(32)29(23)15-17-12-13-28-14-20(17)16-6-4-3-5-7-16/h8-14,16H,3-7,15H2,1-2H3. The molecule has 1 saturated carbocycles. The molecule has 2 heterocycles. The van der Waals surface area contributed by atoms with Crippen molar-refractivity contribution in [3.63, 3.8) is 0 Å². The number of carbonyl (C=O) groups excluding carboxylic acids is 2. The molecule has 1 saturated heterocycles. The number of nitrogens with zero attached hydrogens (tertiary/aromatic N) is 3. The van der Waals surface area contributed by atoms with Crippen molar-refractivity contribution in [3.05, 3.63) is 53.9 Å². The van der Waals surface area contributed by atoms with Crippen LogP contribution in [0.5, 0.6) is 0 Å². The first kappa shape index (κ1) is 25.2. The van der Waals surface area contributed by atoms with Crippen molar-refractivity contribution < 1.29 is 31.2 Å². The summed E-state index contributed by atoms with van der Waals surface area (Å²) in [4.78, 5) is 32.2. The first-order valence-corrected chi connectivity index (χ1v) is 12.8. The number of sulfone groups is 1. The van der Waals surface area contributed by atoms with Crippen molar-refractivity contribution in [2.24, 2.45) is 0 Å². The normalized spacial score (nSPS) is 19.5. The Bertz CT molecular complexity index is 1240. The third-order valence-corrected chi connectivity index (χ3v) is 8.36. The van der Waals surface area contributed by atoms with Crippen molar-refractivity contribution >= 4 is 27.5 Å². The minimum atomic E-state index is -5.54. The Labute approximate surface area is 201 Å². The Morgan fingerprint density at radius 2 is 1.66 bits per heavy atom. The summed E-state index contributed by atoms with van der Waals surface area (Å²) in [6.07, 6.45) is 8.98. The van der Waals surface area contributed by atoms with Gasteiger partial charge >= 0.3 is 11.5 Å². The summed E-state index contributed by atoms with van der Waals surface area (Å²) < 4.78 is 61.9. The maximum absolute atomic E-state index is 13.4. The second-order valence-corrected chi connectivity index (χ2v) is 11.4. The fourth-order valence-electron chi connectivity index (χ4n) is 4.77. The summed E-state index contributed by atoms with van der Waals surface area (Å²) in [5.41, 5.74) is -4.72. The number of aromatic nitrogens is 1. The molecule has 2 aromatic rings. The van der Waals surface area contributed by atoms with E-state index in [0.717, 1.165) is 66.0 Å². The van der Waals surface area contributed by atoms with Gasteiger partial charge in [0.2, 0.25) is 0 Å². The number of hydrogen-bond acceptors (Lipinski definition) is 5. The second-order valence-electron chi connectivity index (χ2n) is 9.42. The molecule has 0 spiro atoms. The van der Waals surface area contributed by atoms with E-state index in [1.54, 1.807) is 20.0 Å². The third kappa shape index (κ3) is 4.41. The maximum Gasteiger partial charge on any atom is 0.501 e. The number of rotatable bonds is 5. The van der Waals surface area contributed by atoms with Gasteiger partial charge < -0.3 is 4.90 Å². The van der Waals surface area contributed by atoms with Gasteiger partial charge in [0.1, 0.15) is 5.54 Å². The molecule has 1 aliphatic carbocycles. The van der Waals surface area contributed by atoms with Crippen LogP contribution in [-0.2, 0) is 21.2 Å². The predicted octanol–water partition coefficient (Wildman–Crippen LogP) is 5.17. The van der Waals surface area contributed by atoms with E-state index < -0.39 is 37.7 Å². The van der Waals surface area contributed by atoms with Gasteiger partial charge in [0.05, 0.1) is 10.6 Å². The number of hydrogen-bond donors (Lipinski definition) is 0. The molecule has 2 fully saturated rings. The average Bonchev–Trinajstić information content (AvgIpc) is 2.98. The van der Waals surface area contributed by atoms with Crippen LogP contribution in [0.2, 0.25) is 0 Å². The highest BCUT2D eigenvalue weighted by molar-refractivity contribution is 7.92. The molecule has 1 aromatic carbocycles. The molecule has 0 unspecified atom stereocenters. The van der Waals surface area contributed by atoms with Gasteiger partial charge in [-0.15, -0.1) is 0 Å². The largest absolute Gasteiger partial charge is 0.501 e. The van der Waals surface area contributed by atoms with Crippen molar-refractivity contribution in [2.45, 2.75) is 74.4 Å². The van der Waals surface area contributed by atoms with E-state index in [0.29, 0.717) is 5.92 Å². The van der Waals surface area contributed by atoms with Crippen LogP contribution in [0.3, 0.4) is 0 Å². The van der Waals surface area contributed by atoms with Gasteiger partial charge in [0.25, 0.3) is 15.7 Å². The zero-order chi connectivity index (χ0) is 25.6. The van der Waals surface area contributed by atoms with E-state index in [9.17, 15) is 31.2 Å². The van der Waals surface area contributed by atoms with Gasteiger partial charge in [0, 0.05) is 18.9 Å². The maximum atomic E-state index is 13.4. The lowest BCUT2D eigenvalue weighted by Gasteiger charge is -2.30. The van der Waals surface area contributed by atoms with Crippen LogP contribution < -0.4 is 4.90 Å². The monoisotopic (exact) mass is 509 g/mol. The zero-order valence-electron chi connectivity index (χ0n) is 19.4. The summed E-state index contributed by atoms with van der Waals surface area (Å²) in [5, 5.41) is 0. The second kappa shape index (κ2) is 8.92. The average molecular weight is 510 g/mol. The van der Waals surface area contributed by atoms with E-state index >= 15 is 0 Å². The number of urea groups is 1. The fourth-order valence-corrected chi connectivity index (χ4v) is 5.53. The highest BCUT2D eigenvalue weighted by Crippen LogP contribution is 2.38. The van der Waals surface area contributed by atoms with Gasteiger partial charge in [-0.2, -0.15) is 13.2 Å². The number of benzene rings is 1. The Morgan fingerprint density at radius 3 is 2.26 bits per heavy atom. The Balaban J connectivity index is 1.63. The minimum Gasteiger partial charge on any atom is -0.305 e. The van der Waals surface area contributed by atoms with Crippen LogP contribution in [0, 0.1) is 0 Å². The Morgan fingerprint density at radius 1 is 1.03 bits per heavy atom. The number of carbonyl (C=O) groups is 2. The van der Waals surface area contributed by atoms with Crippen molar-refractivity contribution in [3.8, 4) is 0 Å². The summed E-state index contributed by atoms with van der Waals surface area (Å²) in [7, 11) is -5.54. The lowest BCUT2D eigenvalue weighted by Crippen LogP contribution is -2.43. The molecule has 188 valence electrons. The molecule has 7 nitrogen and oxygen atoms in total. The summed E-state index contributed by atoms with van der Waals surface area (Å²) in [6, 6.07) is 4.79. The summed E-state index contributed by atoms with van der Waals surface area (Å²) in [6.45, 7) is 3.39. The van der Waals surface area contributed by atoms with Crippen LogP contribution in [-0.4, -0.2) is 41.3 Å². The number of halogens is 3. The lowest BCUT2D eigenvalue weighted by molar-refractivity contribution is -0.123. The third-order valence-electron chi connectivity index (χ3n) is 6.85. The van der Waals surface area contributed by atoms with E-state index in [2.05, 4.69) is 4.98 Å². The van der Waals surface area contributed by atoms with Crippen molar-refractivity contribution in [2.75, 3.05) is 4.90 Å². The first-order valence-electron chi connectivity index (χ1n) is 11.4. The molecule has 0 atom stereocenters. The fraction of sp³-hybridized carbons (Fsp3) is 0.458. The molecule has 1 aliphatic heterocycles. The number of amides is 3.